The first-order valence-corrected chi connectivity index (χ1v) is 7.82. The normalized spacial score (nSPS) is 18.6. The van der Waals surface area contributed by atoms with E-state index in [1.807, 2.05) is 6.07 Å². The monoisotopic (exact) mass is 293 g/mol. The summed E-state index contributed by atoms with van der Waals surface area (Å²) in [6, 6.07) is 2.42. The summed E-state index contributed by atoms with van der Waals surface area (Å²) in [5, 5.41) is 9.76. The molecule has 1 aromatic rings. The van der Waals surface area contributed by atoms with Crippen molar-refractivity contribution >= 4 is 5.91 Å². The summed E-state index contributed by atoms with van der Waals surface area (Å²) < 4.78 is 0. The molecule has 1 aliphatic rings. The minimum Gasteiger partial charge on any atom is -0.356 e. The van der Waals surface area contributed by atoms with Gasteiger partial charge in [0.25, 0.3) is 0 Å². The zero-order valence-electron chi connectivity index (χ0n) is 13.1. The molecule has 0 aliphatic carbocycles. The van der Waals surface area contributed by atoms with Crippen LogP contribution in [0.1, 0.15) is 25.5 Å². The van der Waals surface area contributed by atoms with Gasteiger partial charge in [-0.1, -0.05) is 0 Å². The lowest BCUT2D eigenvalue weighted by Crippen LogP contribution is -2.48. The van der Waals surface area contributed by atoms with E-state index in [4.69, 9.17) is 0 Å². The Bertz CT molecular complexity index is 412. The minimum atomic E-state index is 0.149. The lowest BCUT2D eigenvalue weighted by atomic mass is 10.1. The van der Waals surface area contributed by atoms with Gasteiger partial charge in [0.1, 0.15) is 0 Å². The Morgan fingerprint density at radius 1 is 1.43 bits per heavy atom. The molecule has 0 radical (unpaired) electrons. The lowest BCUT2D eigenvalue weighted by molar-refractivity contribution is -0.121. The highest BCUT2D eigenvalue weighted by Crippen LogP contribution is 2.09. The van der Waals surface area contributed by atoms with Gasteiger partial charge >= 0.3 is 0 Å². The summed E-state index contributed by atoms with van der Waals surface area (Å²) in [5.41, 5.74) is 1.06. The molecule has 0 aromatic carbocycles. The van der Waals surface area contributed by atoms with E-state index in [0.29, 0.717) is 19.0 Å². The first-order chi connectivity index (χ1) is 10.1. The molecule has 1 amide bonds. The number of hydrogen-bond donors (Lipinski definition) is 2. The minimum absolute atomic E-state index is 0.149. The number of nitrogens with zero attached hydrogens (tertiary/aromatic N) is 3. The van der Waals surface area contributed by atoms with Gasteiger partial charge in [0, 0.05) is 63.5 Å². The van der Waals surface area contributed by atoms with E-state index in [9.17, 15) is 4.79 Å². The van der Waals surface area contributed by atoms with Crippen molar-refractivity contribution < 1.29 is 4.79 Å². The molecule has 2 heterocycles. The van der Waals surface area contributed by atoms with Crippen LogP contribution < -0.4 is 5.32 Å². The van der Waals surface area contributed by atoms with Gasteiger partial charge in [0.15, 0.2) is 0 Å². The van der Waals surface area contributed by atoms with Crippen LogP contribution >= 0.6 is 0 Å². The van der Waals surface area contributed by atoms with Crippen molar-refractivity contribution in [2.75, 3.05) is 39.8 Å². The molecule has 0 bridgehead atoms. The molecule has 1 fully saturated rings. The molecule has 2 N–H and O–H groups in total. The summed E-state index contributed by atoms with van der Waals surface area (Å²) in [4.78, 5) is 16.7. The fourth-order valence-electron chi connectivity index (χ4n) is 2.63. The third kappa shape index (κ3) is 5.47. The van der Waals surface area contributed by atoms with Gasteiger partial charge in [-0.2, -0.15) is 5.10 Å². The van der Waals surface area contributed by atoms with Crippen LogP contribution in [0.5, 0.6) is 0 Å². The number of amides is 1. The van der Waals surface area contributed by atoms with Gasteiger partial charge in [-0.3, -0.25) is 14.8 Å². The molecule has 0 saturated carbocycles. The molecule has 2 rings (SSSR count). The highest BCUT2D eigenvalue weighted by atomic mass is 16.1. The third-order valence-corrected chi connectivity index (χ3v) is 4.23. The number of hydrogen-bond acceptors (Lipinski definition) is 4. The quantitative estimate of drug-likeness (QED) is 0.768. The maximum atomic E-state index is 11.8. The second kappa shape index (κ2) is 8.14. The molecule has 118 valence electrons. The smallest absolute Gasteiger partial charge is 0.220 e. The first kappa shape index (κ1) is 16.0. The average Bonchev–Trinajstić information content (AvgIpc) is 2.99. The molecular weight excluding hydrogens is 266 g/mol. The van der Waals surface area contributed by atoms with E-state index in [2.05, 4.69) is 39.3 Å². The fourth-order valence-corrected chi connectivity index (χ4v) is 2.63. The largest absolute Gasteiger partial charge is 0.356 e. The number of likely N-dealkylation sites (N-methyl/N-ethyl adjacent to an activating group) is 1. The highest BCUT2D eigenvalue weighted by Gasteiger charge is 2.19. The molecule has 1 atom stereocenters. The number of aromatic amines is 1. The zero-order valence-corrected chi connectivity index (χ0v) is 13.1. The standard InChI is InChI=1S/C15H27N5O/c1-13(20-11-9-19(2)10-12-20)3-4-15(21)16-7-5-14-6-8-17-18-14/h6,8,13H,3-5,7,9-12H2,1-2H3,(H,16,21)(H,17,18)/t13-/m1/s1. The fraction of sp³-hybridized carbons (Fsp3) is 0.733. The number of piperazine rings is 1. The molecule has 6 nitrogen and oxygen atoms in total. The van der Waals surface area contributed by atoms with Gasteiger partial charge in [-0.25, -0.2) is 0 Å². The Kier molecular flexibility index (Phi) is 6.20. The van der Waals surface area contributed by atoms with Crippen LogP contribution in [0.4, 0.5) is 0 Å². The molecule has 1 aromatic heterocycles. The molecule has 0 unspecified atom stereocenters. The number of carbonyl (C=O) groups is 1. The Balaban J connectivity index is 1.57. The summed E-state index contributed by atoms with van der Waals surface area (Å²) in [5.74, 6) is 0.149. The average molecular weight is 293 g/mol. The topological polar surface area (TPSA) is 64.3 Å². The second-order valence-corrected chi connectivity index (χ2v) is 5.91. The SMILES string of the molecule is C[C@H](CCC(=O)NCCc1ccn[nH]1)N1CCN(C)CC1. The van der Waals surface area contributed by atoms with Crippen molar-refractivity contribution in [3.8, 4) is 0 Å². The number of rotatable bonds is 7. The van der Waals surface area contributed by atoms with Crippen LogP contribution in [-0.4, -0.2) is 71.7 Å². The van der Waals surface area contributed by atoms with E-state index in [1.165, 1.54) is 0 Å². The first-order valence-electron chi connectivity index (χ1n) is 7.82. The van der Waals surface area contributed by atoms with Crippen molar-refractivity contribution in [1.82, 2.24) is 25.3 Å². The van der Waals surface area contributed by atoms with Crippen LogP contribution in [0, 0.1) is 0 Å². The molecule has 1 saturated heterocycles. The Morgan fingerprint density at radius 3 is 2.86 bits per heavy atom. The Labute approximate surface area is 126 Å². The molecule has 0 spiro atoms. The number of H-pyrrole nitrogens is 1. The maximum Gasteiger partial charge on any atom is 0.220 e. The van der Waals surface area contributed by atoms with Crippen molar-refractivity contribution in [3.63, 3.8) is 0 Å². The molecule has 1 aliphatic heterocycles. The lowest BCUT2D eigenvalue weighted by Gasteiger charge is -2.36. The highest BCUT2D eigenvalue weighted by molar-refractivity contribution is 5.75. The Hall–Kier alpha value is -1.40. The van der Waals surface area contributed by atoms with Gasteiger partial charge in [0.2, 0.25) is 5.91 Å². The third-order valence-electron chi connectivity index (χ3n) is 4.23. The summed E-state index contributed by atoms with van der Waals surface area (Å²) >= 11 is 0. The number of carbonyl (C=O) groups excluding carboxylic acids is 1. The van der Waals surface area contributed by atoms with Crippen molar-refractivity contribution in [2.24, 2.45) is 0 Å². The van der Waals surface area contributed by atoms with Crippen LogP contribution in [0.15, 0.2) is 12.3 Å². The van der Waals surface area contributed by atoms with Gasteiger partial charge < -0.3 is 10.2 Å². The Morgan fingerprint density at radius 2 is 2.19 bits per heavy atom. The van der Waals surface area contributed by atoms with Crippen molar-refractivity contribution in [3.05, 3.63) is 18.0 Å². The maximum absolute atomic E-state index is 11.8. The van der Waals surface area contributed by atoms with E-state index < -0.39 is 0 Å². The van der Waals surface area contributed by atoms with Crippen LogP contribution in [0.2, 0.25) is 0 Å². The van der Waals surface area contributed by atoms with Crippen molar-refractivity contribution in [2.45, 2.75) is 32.2 Å². The molecular formula is C15H27N5O. The van der Waals surface area contributed by atoms with E-state index in [1.54, 1.807) is 6.20 Å². The predicted molar refractivity (Wildman–Crippen MR) is 83.1 cm³/mol. The number of nitrogens with one attached hydrogen (secondary N) is 2. The molecule has 6 heteroatoms. The van der Waals surface area contributed by atoms with Crippen LogP contribution in [0.25, 0.3) is 0 Å². The summed E-state index contributed by atoms with van der Waals surface area (Å²) in [7, 11) is 2.16. The number of aromatic nitrogens is 2. The summed E-state index contributed by atoms with van der Waals surface area (Å²) in [6.45, 7) is 7.37. The van der Waals surface area contributed by atoms with Crippen molar-refractivity contribution in [1.29, 1.82) is 0 Å². The summed E-state index contributed by atoms with van der Waals surface area (Å²) in [6.07, 6.45) is 4.07. The zero-order chi connectivity index (χ0) is 15.1. The van der Waals surface area contributed by atoms with Crippen LogP contribution in [0.3, 0.4) is 0 Å². The van der Waals surface area contributed by atoms with Crippen LogP contribution in [-0.2, 0) is 11.2 Å². The van der Waals surface area contributed by atoms with E-state index in [-0.39, 0.29) is 5.91 Å². The predicted octanol–water partition coefficient (Wildman–Crippen LogP) is 0.485. The van der Waals surface area contributed by atoms with E-state index >= 15 is 0 Å². The van der Waals surface area contributed by atoms with E-state index in [0.717, 1.165) is 44.7 Å². The van der Waals surface area contributed by atoms with Gasteiger partial charge in [0.05, 0.1) is 0 Å². The van der Waals surface area contributed by atoms with Gasteiger partial charge in [-0.15, -0.1) is 0 Å². The van der Waals surface area contributed by atoms with Gasteiger partial charge in [-0.05, 0) is 26.5 Å². The molecule has 21 heavy (non-hydrogen) atoms. The second-order valence-electron chi connectivity index (χ2n) is 5.91.